The van der Waals surface area contributed by atoms with E-state index in [1.54, 1.807) is 6.07 Å². The van der Waals surface area contributed by atoms with E-state index in [1.165, 1.54) is 23.5 Å². The zero-order valence-electron chi connectivity index (χ0n) is 11.8. The normalized spacial score (nSPS) is 22.0. The molecule has 1 aromatic carbocycles. The van der Waals surface area contributed by atoms with Gasteiger partial charge in [0.1, 0.15) is 5.75 Å². The van der Waals surface area contributed by atoms with Gasteiger partial charge in [0.25, 0.3) is 0 Å². The van der Waals surface area contributed by atoms with Crippen LogP contribution in [0.1, 0.15) is 19.3 Å². The Labute approximate surface area is 129 Å². The van der Waals surface area contributed by atoms with Gasteiger partial charge in [0.2, 0.25) is 10.0 Å². The molecule has 0 unspecified atom stereocenters. The number of benzene rings is 1. The van der Waals surface area contributed by atoms with Crippen molar-refractivity contribution in [1.29, 1.82) is 0 Å². The number of hydrogen-bond donors (Lipinski definition) is 0. The molecule has 0 aromatic heterocycles. The number of morpholine rings is 1. The molecule has 0 N–H and O–H groups in total. The molecule has 1 saturated heterocycles. The number of rotatable bonds is 3. The van der Waals surface area contributed by atoms with Crippen LogP contribution in [0.15, 0.2) is 23.1 Å². The summed E-state index contributed by atoms with van der Waals surface area (Å²) in [4.78, 5) is 0.208. The maximum Gasteiger partial charge on any atom is 0.243 e. The first-order valence-corrected chi connectivity index (χ1v) is 8.76. The van der Waals surface area contributed by atoms with Crippen molar-refractivity contribution in [2.75, 3.05) is 26.8 Å². The Bertz CT molecular complexity index is 642. The average molecular weight is 332 g/mol. The second kappa shape index (κ2) is 5.43. The van der Waals surface area contributed by atoms with E-state index in [4.69, 9.17) is 21.1 Å². The van der Waals surface area contributed by atoms with Gasteiger partial charge in [-0.1, -0.05) is 11.6 Å². The molecular formula is C14H18ClNO4S. The van der Waals surface area contributed by atoms with Gasteiger partial charge in [0.05, 0.1) is 29.2 Å². The van der Waals surface area contributed by atoms with Crippen LogP contribution in [-0.4, -0.2) is 45.1 Å². The van der Waals surface area contributed by atoms with Crippen LogP contribution in [0, 0.1) is 0 Å². The highest BCUT2D eigenvalue weighted by molar-refractivity contribution is 7.89. The minimum Gasteiger partial charge on any atom is -0.495 e. The van der Waals surface area contributed by atoms with Crippen LogP contribution in [0.3, 0.4) is 0 Å². The molecule has 2 aliphatic rings. The van der Waals surface area contributed by atoms with E-state index in [1.807, 2.05) is 0 Å². The maximum absolute atomic E-state index is 12.8. The fourth-order valence-corrected chi connectivity index (χ4v) is 4.55. The van der Waals surface area contributed by atoms with Gasteiger partial charge < -0.3 is 9.47 Å². The Morgan fingerprint density at radius 3 is 2.76 bits per heavy atom. The highest BCUT2D eigenvalue weighted by atomic mass is 35.5. The molecule has 0 bridgehead atoms. The highest BCUT2D eigenvalue weighted by Crippen LogP contribution is 2.39. The number of sulfonamides is 1. The first-order chi connectivity index (χ1) is 9.97. The predicted octanol–water partition coefficient (Wildman–Crippen LogP) is 2.29. The summed E-state index contributed by atoms with van der Waals surface area (Å²) in [5.41, 5.74) is -0.262. The fraction of sp³-hybridized carbons (Fsp3) is 0.571. The van der Waals surface area contributed by atoms with Gasteiger partial charge in [0, 0.05) is 19.2 Å². The molecule has 1 aromatic rings. The first-order valence-electron chi connectivity index (χ1n) is 6.95. The second-order valence-corrected chi connectivity index (χ2v) is 7.87. The Hall–Kier alpha value is -0.820. The lowest BCUT2D eigenvalue weighted by atomic mass is 9.79. The fourth-order valence-electron chi connectivity index (χ4n) is 2.84. The number of ether oxygens (including phenoxy) is 2. The molecule has 7 heteroatoms. The summed E-state index contributed by atoms with van der Waals surface area (Å²) in [7, 11) is -2.08. The van der Waals surface area contributed by atoms with Crippen LogP contribution in [0.5, 0.6) is 5.75 Å². The molecule has 0 radical (unpaired) electrons. The van der Waals surface area contributed by atoms with E-state index >= 15 is 0 Å². The number of methoxy groups -OCH3 is 1. The van der Waals surface area contributed by atoms with E-state index in [0.29, 0.717) is 30.5 Å². The summed E-state index contributed by atoms with van der Waals surface area (Å²) in [5, 5.41) is 0.397. The van der Waals surface area contributed by atoms with Crippen LogP contribution >= 0.6 is 11.6 Å². The van der Waals surface area contributed by atoms with Crippen LogP contribution in [0.4, 0.5) is 0 Å². The van der Waals surface area contributed by atoms with Crippen LogP contribution in [0.2, 0.25) is 5.02 Å². The molecule has 0 amide bonds. The number of halogens is 1. The summed E-state index contributed by atoms with van der Waals surface area (Å²) >= 11 is 5.96. The Balaban J connectivity index is 1.89. The van der Waals surface area contributed by atoms with Gasteiger partial charge in [-0.25, -0.2) is 8.42 Å². The van der Waals surface area contributed by atoms with Gasteiger partial charge in [-0.3, -0.25) is 0 Å². The van der Waals surface area contributed by atoms with E-state index in [-0.39, 0.29) is 10.5 Å². The van der Waals surface area contributed by atoms with Gasteiger partial charge in [-0.2, -0.15) is 4.31 Å². The summed E-state index contributed by atoms with van der Waals surface area (Å²) in [6, 6.07) is 4.54. The molecule has 116 valence electrons. The monoisotopic (exact) mass is 331 g/mol. The summed E-state index contributed by atoms with van der Waals surface area (Å²) < 4.78 is 37.9. The molecule has 1 saturated carbocycles. The standard InChI is InChI=1S/C14H18ClNO4S/c1-19-13-9-11(3-4-12(13)15)21(17,18)16-7-8-20-14(10-16)5-2-6-14/h3-4,9H,2,5-8,10H2,1H3. The van der Waals surface area contributed by atoms with Gasteiger partial charge >= 0.3 is 0 Å². The van der Waals surface area contributed by atoms with Crippen LogP contribution < -0.4 is 4.74 Å². The zero-order chi connectivity index (χ0) is 15.1. The van der Waals surface area contributed by atoms with Crippen molar-refractivity contribution in [3.8, 4) is 5.75 Å². The molecule has 3 rings (SSSR count). The molecule has 1 spiro atoms. The van der Waals surface area contributed by atoms with Crippen molar-refractivity contribution in [3.63, 3.8) is 0 Å². The molecule has 5 nitrogen and oxygen atoms in total. The van der Waals surface area contributed by atoms with Crippen LogP contribution in [-0.2, 0) is 14.8 Å². The van der Waals surface area contributed by atoms with E-state index < -0.39 is 10.0 Å². The smallest absolute Gasteiger partial charge is 0.243 e. The SMILES string of the molecule is COc1cc(S(=O)(=O)N2CCOC3(CCC3)C2)ccc1Cl. The number of hydrogen-bond acceptors (Lipinski definition) is 4. The first kappa shape index (κ1) is 15.1. The van der Waals surface area contributed by atoms with Crippen molar-refractivity contribution in [2.45, 2.75) is 29.8 Å². The van der Waals surface area contributed by atoms with Crippen molar-refractivity contribution < 1.29 is 17.9 Å². The zero-order valence-corrected chi connectivity index (χ0v) is 13.4. The van der Waals surface area contributed by atoms with Gasteiger partial charge in [0.15, 0.2) is 0 Å². The lowest BCUT2D eigenvalue weighted by molar-refractivity contribution is -0.135. The van der Waals surface area contributed by atoms with Crippen molar-refractivity contribution in [3.05, 3.63) is 23.2 Å². The minimum absolute atomic E-state index is 0.208. The average Bonchev–Trinajstić information content (AvgIpc) is 2.46. The molecule has 1 aliphatic heterocycles. The minimum atomic E-state index is -3.54. The third-order valence-electron chi connectivity index (χ3n) is 4.24. The van der Waals surface area contributed by atoms with Crippen molar-refractivity contribution >= 4 is 21.6 Å². The molecule has 0 atom stereocenters. The Morgan fingerprint density at radius 2 is 2.14 bits per heavy atom. The summed E-state index contributed by atoms with van der Waals surface area (Å²) in [6.07, 6.45) is 2.97. The van der Waals surface area contributed by atoms with E-state index in [0.717, 1.165) is 19.3 Å². The molecule has 1 heterocycles. The Kier molecular flexibility index (Phi) is 3.90. The maximum atomic E-state index is 12.8. The number of nitrogens with zero attached hydrogens (tertiary/aromatic N) is 1. The van der Waals surface area contributed by atoms with E-state index in [9.17, 15) is 8.42 Å². The second-order valence-electron chi connectivity index (χ2n) is 5.52. The molecule has 2 fully saturated rings. The molecular weight excluding hydrogens is 314 g/mol. The van der Waals surface area contributed by atoms with Crippen LogP contribution in [0.25, 0.3) is 0 Å². The lowest BCUT2D eigenvalue weighted by Crippen LogP contribution is -2.56. The van der Waals surface area contributed by atoms with Gasteiger partial charge in [-0.15, -0.1) is 0 Å². The Morgan fingerprint density at radius 1 is 1.38 bits per heavy atom. The third-order valence-corrected chi connectivity index (χ3v) is 6.39. The van der Waals surface area contributed by atoms with Crippen molar-refractivity contribution in [2.24, 2.45) is 0 Å². The predicted molar refractivity (Wildman–Crippen MR) is 79.3 cm³/mol. The quantitative estimate of drug-likeness (QED) is 0.852. The summed E-state index contributed by atoms with van der Waals surface area (Å²) in [6.45, 7) is 1.26. The highest BCUT2D eigenvalue weighted by Gasteiger charge is 2.45. The topological polar surface area (TPSA) is 55.8 Å². The van der Waals surface area contributed by atoms with Crippen molar-refractivity contribution in [1.82, 2.24) is 4.31 Å². The largest absolute Gasteiger partial charge is 0.495 e. The third kappa shape index (κ3) is 2.65. The van der Waals surface area contributed by atoms with E-state index in [2.05, 4.69) is 0 Å². The van der Waals surface area contributed by atoms with Gasteiger partial charge in [-0.05, 0) is 31.4 Å². The lowest BCUT2D eigenvalue weighted by Gasteiger charge is -2.47. The molecule has 1 aliphatic carbocycles. The molecule has 21 heavy (non-hydrogen) atoms. The summed E-state index contributed by atoms with van der Waals surface area (Å²) in [5.74, 6) is 0.365.